The number of ether oxygens (including phenoxy) is 4. The molecule has 0 aliphatic carbocycles. The molecule has 0 bridgehead atoms. The van der Waals surface area contributed by atoms with Gasteiger partial charge < -0.3 is 34.9 Å². The standard InChI is InChI=1S/C45H55B7N8O6/c1-6-25-21-26(41(61)53-15-16-64-19-20-65-18-17-63-5)23-27(22-25)55-42-54-14-13-34(58-42)66-31-12-11-30(28-9-7-8-10-29(28)31)56-43(62)57-33-24-32(44(2,3)4)59-60(33)40-38(48)36(46)35(45(50,51)52)37(47)39(40)49/h1,7-14,21-24H,15-20,46-52H2,2-5H3,(H,53,61)(H,54,55,58)(H2,56,57,62). The lowest BCUT2D eigenvalue weighted by Gasteiger charge is -2.30. The zero-order chi connectivity index (χ0) is 47.8. The second-order valence-corrected chi connectivity index (χ2v) is 18.1. The minimum absolute atomic E-state index is 0.0383. The van der Waals surface area contributed by atoms with Gasteiger partial charge >= 0.3 is 6.03 Å². The Labute approximate surface area is 393 Å². The van der Waals surface area contributed by atoms with Crippen molar-refractivity contribution in [1.82, 2.24) is 25.1 Å². The van der Waals surface area contributed by atoms with Crippen LogP contribution in [0.5, 0.6) is 11.6 Å². The maximum absolute atomic E-state index is 14.0. The third-order valence-corrected chi connectivity index (χ3v) is 11.2. The molecule has 0 saturated carbocycles. The van der Waals surface area contributed by atoms with Gasteiger partial charge in [-0.2, -0.15) is 10.1 Å². The quantitative estimate of drug-likeness (QED) is 0.0421. The van der Waals surface area contributed by atoms with Gasteiger partial charge in [-0.3, -0.25) is 10.1 Å². The molecule has 0 saturated heterocycles. The Hall–Kier alpha value is -6.34. The van der Waals surface area contributed by atoms with Gasteiger partial charge in [-0.15, -0.1) is 6.42 Å². The van der Waals surface area contributed by atoms with Crippen LogP contribution in [-0.4, -0.2) is 133 Å². The lowest BCUT2D eigenvalue weighted by atomic mass is 9.37. The fourth-order valence-corrected chi connectivity index (χ4v) is 7.90. The van der Waals surface area contributed by atoms with Crippen molar-refractivity contribution in [3.63, 3.8) is 0 Å². The summed E-state index contributed by atoms with van der Waals surface area (Å²) in [4.78, 5) is 36.0. The molecular weight excluding hydrogens is 824 g/mol. The molecule has 0 unspecified atom stereocenters. The topological polar surface area (TPSA) is 163 Å². The predicted octanol–water partition coefficient (Wildman–Crippen LogP) is -2.27. The Bertz CT molecular complexity index is 2760. The first kappa shape index (κ1) is 49.1. The van der Waals surface area contributed by atoms with E-state index in [1.165, 1.54) is 16.5 Å². The Morgan fingerprint density at radius 2 is 1.50 bits per heavy atom. The Morgan fingerprint density at radius 3 is 2.17 bits per heavy atom. The summed E-state index contributed by atoms with van der Waals surface area (Å²) in [5, 5.41) is 18.8. The number of aromatic nitrogens is 4. The summed E-state index contributed by atoms with van der Waals surface area (Å²) in [6.07, 6.45) is 7.32. The SMILES string of the molecule is Bc1c(B)c(C(B)(B)B)c(B)c(B)c1-n1nc(C(C)(C)C)cc1NC(=O)Nc1ccc(Oc2ccnc(Nc3cc(C#C)cc(C(=O)NCCOCCOCCOC)c3)n2)c2ccccc12. The van der Waals surface area contributed by atoms with E-state index in [1.807, 2.05) is 35.0 Å². The van der Waals surface area contributed by atoms with Crippen LogP contribution in [0.2, 0.25) is 0 Å². The van der Waals surface area contributed by atoms with E-state index in [-0.39, 0.29) is 28.3 Å². The number of carbonyl (C=O) groups excluding carboxylic acids is 2. The average molecular weight is 880 g/mol. The fraction of sp³-hybridized carbons (Fsp3) is 0.267. The van der Waals surface area contributed by atoms with Gasteiger partial charge in [-0.1, -0.05) is 83.5 Å². The van der Waals surface area contributed by atoms with E-state index >= 15 is 0 Å². The Morgan fingerprint density at radius 1 is 0.818 bits per heavy atom. The molecule has 14 nitrogen and oxygen atoms in total. The summed E-state index contributed by atoms with van der Waals surface area (Å²) in [7, 11) is 16.9. The van der Waals surface area contributed by atoms with E-state index in [0.29, 0.717) is 73.6 Å². The summed E-state index contributed by atoms with van der Waals surface area (Å²) < 4.78 is 24.1. The molecule has 4 aromatic carbocycles. The van der Waals surface area contributed by atoms with Crippen molar-refractivity contribution in [1.29, 1.82) is 0 Å². The average Bonchev–Trinajstić information content (AvgIpc) is 3.69. The molecule has 2 heterocycles. The molecule has 21 heteroatoms. The number of fused-ring (bicyclic) bond motifs is 1. The fourth-order valence-electron chi connectivity index (χ4n) is 7.90. The predicted molar refractivity (Wildman–Crippen MR) is 284 cm³/mol. The third-order valence-electron chi connectivity index (χ3n) is 11.2. The lowest BCUT2D eigenvalue weighted by molar-refractivity contribution is 0.0255. The maximum atomic E-state index is 14.0. The van der Waals surface area contributed by atoms with Crippen molar-refractivity contribution in [2.75, 3.05) is 62.6 Å². The Balaban J connectivity index is 1.17. The second-order valence-electron chi connectivity index (χ2n) is 18.1. The van der Waals surface area contributed by atoms with Gasteiger partial charge in [0.05, 0.1) is 73.6 Å². The van der Waals surface area contributed by atoms with Crippen molar-refractivity contribution in [2.24, 2.45) is 0 Å². The highest BCUT2D eigenvalue weighted by atomic mass is 16.5. The van der Waals surface area contributed by atoms with Crippen molar-refractivity contribution < 1.29 is 28.5 Å². The van der Waals surface area contributed by atoms with E-state index < -0.39 is 6.03 Å². The number of hydrogen-bond donors (Lipinski definition) is 4. The number of methoxy groups -OCH3 is 1. The normalized spacial score (nSPS) is 11.5. The van der Waals surface area contributed by atoms with E-state index in [9.17, 15) is 9.59 Å². The molecule has 0 radical (unpaired) electrons. The van der Waals surface area contributed by atoms with Gasteiger partial charge in [-0.05, 0) is 30.3 Å². The van der Waals surface area contributed by atoms with Crippen LogP contribution in [0.25, 0.3) is 16.5 Å². The van der Waals surface area contributed by atoms with Crippen LogP contribution in [0.3, 0.4) is 0 Å². The highest BCUT2D eigenvalue weighted by molar-refractivity contribution is 6.66. The molecule has 0 aliphatic heterocycles. The van der Waals surface area contributed by atoms with Crippen LogP contribution in [0.15, 0.2) is 72.9 Å². The van der Waals surface area contributed by atoms with Gasteiger partial charge in [-0.25, -0.2) is 14.5 Å². The molecule has 2 aromatic heterocycles. The number of carbonyl (C=O) groups is 2. The zero-order valence-corrected chi connectivity index (χ0v) is 40.0. The van der Waals surface area contributed by atoms with E-state index in [0.717, 1.165) is 33.1 Å². The molecule has 66 heavy (non-hydrogen) atoms. The van der Waals surface area contributed by atoms with Crippen molar-refractivity contribution >= 4 is 123 Å². The second kappa shape index (κ2) is 21.3. The number of hydrogen-bond acceptors (Lipinski definition) is 10. The summed E-state index contributed by atoms with van der Waals surface area (Å²) in [5.74, 6) is 3.86. The first-order chi connectivity index (χ1) is 31.4. The molecule has 0 atom stereocenters. The van der Waals surface area contributed by atoms with Gasteiger partial charge in [0, 0.05) is 65.0 Å². The number of rotatable bonds is 18. The highest BCUT2D eigenvalue weighted by Gasteiger charge is 2.27. The third kappa shape index (κ3) is 11.9. The van der Waals surface area contributed by atoms with Crippen molar-refractivity contribution in [3.05, 3.63) is 95.3 Å². The number of amides is 3. The minimum atomic E-state index is -0.420. The maximum Gasteiger partial charge on any atom is 0.324 e. The molecule has 0 fully saturated rings. The van der Waals surface area contributed by atoms with E-state index in [4.69, 9.17) is 30.5 Å². The summed E-state index contributed by atoms with van der Waals surface area (Å²) >= 11 is 0. The van der Waals surface area contributed by atoms with Crippen LogP contribution in [0.1, 0.15) is 48.0 Å². The van der Waals surface area contributed by atoms with Gasteiger partial charge in [0.2, 0.25) is 11.8 Å². The first-order valence-corrected chi connectivity index (χ1v) is 22.0. The number of nitrogens with zero attached hydrogens (tertiary/aromatic N) is 4. The number of urea groups is 1. The molecule has 3 amide bonds. The van der Waals surface area contributed by atoms with Crippen LogP contribution < -0.4 is 47.9 Å². The summed E-state index contributed by atoms with van der Waals surface area (Å²) in [5.41, 5.74) is 9.49. The van der Waals surface area contributed by atoms with Gasteiger partial charge in [0.15, 0.2) is 0 Å². The summed E-state index contributed by atoms with van der Waals surface area (Å²) in [6.45, 7) is 8.81. The van der Waals surface area contributed by atoms with Crippen molar-refractivity contribution in [3.8, 4) is 29.7 Å². The monoisotopic (exact) mass is 880 g/mol. The molecule has 4 N–H and O–H groups in total. The molecule has 0 aliphatic rings. The smallest absolute Gasteiger partial charge is 0.324 e. The number of terminal acetylenes is 1. The van der Waals surface area contributed by atoms with Crippen LogP contribution in [-0.2, 0) is 24.7 Å². The summed E-state index contributed by atoms with van der Waals surface area (Å²) in [6, 6.07) is 19.4. The lowest BCUT2D eigenvalue weighted by Crippen LogP contribution is -2.53. The van der Waals surface area contributed by atoms with Crippen LogP contribution >= 0.6 is 0 Å². The molecule has 0 spiro atoms. The minimum Gasteiger partial charge on any atom is -0.438 e. The van der Waals surface area contributed by atoms with Gasteiger partial charge in [0.25, 0.3) is 5.91 Å². The number of benzene rings is 4. The Kier molecular flexibility index (Phi) is 15.9. The van der Waals surface area contributed by atoms with Crippen LogP contribution in [0.4, 0.5) is 27.9 Å². The van der Waals surface area contributed by atoms with E-state index in [1.54, 1.807) is 49.7 Å². The number of anilines is 4. The molecule has 6 rings (SSSR count). The number of nitrogens with one attached hydrogen (secondary N) is 4. The molecular formula is C45H55B7N8O6. The molecule has 332 valence electrons. The van der Waals surface area contributed by atoms with Gasteiger partial charge in [0.1, 0.15) is 43.0 Å². The highest BCUT2D eigenvalue weighted by Crippen LogP contribution is 2.35. The molecule has 6 aromatic rings. The largest absolute Gasteiger partial charge is 0.438 e. The zero-order valence-electron chi connectivity index (χ0n) is 40.0. The van der Waals surface area contributed by atoms with Crippen LogP contribution in [0, 0.1) is 12.3 Å². The van der Waals surface area contributed by atoms with E-state index in [2.05, 4.69) is 113 Å². The van der Waals surface area contributed by atoms with Crippen molar-refractivity contribution in [2.45, 2.75) is 31.3 Å². The first-order valence-electron chi connectivity index (χ1n) is 22.0.